The zero-order chi connectivity index (χ0) is 33.5. The van der Waals surface area contributed by atoms with Gasteiger partial charge in [0.2, 0.25) is 0 Å². The van der Waals surface area contributed by atoms with Crippen LogP contribution >= 0.6 is 0 Å². The van der Waals surface area contributed by atoms with E-state index in [-0.39, 0.29) is 34.8 Å². The Morgan fingerprint density at radius 1 is 0.886 bits per heavy atom. The number of aryl methyl sites for hydroxylation is 1. The van der Waals surface area contributed by atoms with Crippen LogP contribution < -0.4 is 10.5 Å². The lowest BCUT2D eigenvalue weighted by Gasteiger charge is -2.33. The lowest BCUT2D eigenvalue weighted by atomic mass is 9.84. The lowest BCUT2D eigenvalue weighted by molar-refractivity contribution is 0.0506. The maximum atomic E-state index is 13.9. The van der Waals surface area contributed by atoms with Crippen LogP contribution in [-0.4, -0.2) is 52.0 Å². The molecule has 1 aromatic carbocycles. The van der Waals surface area contributed by atoms with E-state index >= 15 is 0 Å². The molecule has 0 spiro atoms. The number of ether oxygens (including phenoxy) is 2. The molecule has 0 aliphatic heterocycles. The summed E-state index contributed by atoms with van der Waals surface area (Å²) in [5.41, 5.74) is -0.832. The Hall–Kier alpha value is -3.51. The summed E-state index contributed by atoms with van der Waals surface area (Å²) in [6, 6.07) is 6.80. The predicted octanol–water partition coefficient (Wildman–Crippen LogP) is 7.43. The van der Waals surface area contributed by atoms with Gasteiger partial charge in [-0.2, -0.15) is 9.78 Å². The summed E-state index contributed by atoms with van der Waals surface area (Å²) in [7, 11) is -1.44. The molecule has 44 heavy (non-hydrogen) atoms. The van der Waals surface area contributed by atoms with E-state index in [1.54, 1.807) is 60.6 Å². The van der Waals surface area contributed by atoms with Crippen molar-refractivity contribution in [1.29, 1.82) is 0 Å². The van der Waals surface area contributed by atoms with Crippen molar-refractivity contribution >= 4 is 43.6 Å². The van der Waals surface area contributed by atoms with Crippen LogP contribution in [0.3, 0.4) is 0 Å². The van der Waals surface area contributed by atoms with Crippen LogP contribution in [0.1, 0.15) is 99.6 Å². The van der Waals surface area contributed by atoms with Gasteiger partial charge in [-0.3, -0.25) is 4.79 Å². The fraction of sp³-hybridized carbons (Fsp3) is 0.594. The first-order valence-corrected chi connectivity index (χ1v) is 17.8. The Bertz CT molecular complexity index is 1590. The van der Waals surface area contributed by atoms with Gasteiger partial charge in [0.1, 0.15) is 11.2 Å². The Kier molecular flexibility index (Phi) is 9.91. The highest BCUT2D eigenvalue weighted by Crippen LogP contribution is 2.39. The van der Waals surface area contributed by atoms with Crippen molar-refractivity contribution in [3.8, 4) is 0 Å². The number of fused-ring (bicyclic) bond motifs is 1. The van der Waals surface area contributed by atoms with Crippen molar-refractivity contribution in [1.82, 2.24) is 19.6 Å². The number of benzene rings is 1. The second-order valence-electron chi connectivity index (χ2n) is 14.8. The third kappa shape index (κ3) is 8.15. The molecule has 242 valence electrons. The van der Waals surface area contributed by atoms with Crippen LogP contribution in [0.5, 0.6) is 0 Å². The van der Waals surface area contributed by atoms with Crippen LogP contribution in [0.25, 0.3) is 10.8 Å². The van der Waals surface area contributed by atoms with Gasteiger partial charge in [0.05, 0.1) is 23.2 Å². The number of hydrogen-bond acceptors (Lipinski definition) is 8. The van der Waals surface area contributed by atoms with Crippen molar-refractivity contribution < 1.29 is 23.5 Å². The number of amides is 1. The highest BCUT2D eigenvalue weighted by Gasteiger charge is 2.33. The number of hydrogen-bond donors (Lipinski definition) is 0. The van der Waals surface area contributed by atoms with Crippen molar-refractivity contribution in [2.45, 2.75) is 120 Å². The SMILES string of the molecule is Cc1cc(N(C(=O)OC(C)(C)C)c2nn(C(C)C)c(=O)c3cc(C(O[SiH](C)C)C(C)(C)C)ccc23)nn1C(=O)OC(C)(C)C. The van der Waals surface area contributed by atoms with Gasteiger partial charge >= 0.3 is 12.2 Å². The molecule has 12 heteroatoms. The molecule has 0 radical (unpaired) electrons. The second-order valence-corrected chi connectivity index (χ2v) is 17.1. The van der Waals surface area contributed by atoms with Crippen LogP contribution in [0.2, 0.25) is 13.1 Å². The Balaban J connectivity index is 2.37. The highest BCUT2D eigenvalue weighted by molar-refractivity contribution is 6.48. The number of aromatic nitrogens is 4. The fourth-order valence-corrected chi connectivity index (χ4v) is 5.75. The van der Waals surface area contributed by atoms with Crippen molar-refractivity contribution in [3.63, 3.8) is 0 Å². The lowest BCUT2D eigenvalue weighted by Crippen LogP contribution is -2.37. The molecule has 0 aliphatic rings. The summed E-state index contributed by atoms with van der Waals surface area (Å²) in [4.78, 5) is 42.0. The van der Waals surface area contributed by atoms with Crippen LogP contribution in [0.15, 0.2) is 29.1 Å². The zero-order valence-electron chi connectivity index (χ0n) is 28.7. The minimum Gasteiger partial charge on any atom is -0.443 e. The van der Waals surface area contributed by atoms with Gasteiger partial charge in [0, 0.05) is 11.5 Å². The van der Waals surface area contributed by atoms with Gasteiger partial charge in [0.25, 0.3) is 5.56 Å². The number of carbonyl (C=O) groups is 2. The molecule has 2 heterocycles. The third-order valence-electron chi connectivity index (χ3n) is 6.37. The van der Waals surface area contributed by atoms with Crippen LogP contribution in [0.4, 0.5) is 21.2 Å². The molecule has 1 atom stereocenters. The van der Waals surface area contributed by atoms with Crippen LogP contribution in [0, 0.1) is 12.3 Å². The summed E-state index contributed by atoms with van der Waals surface area (Å²) in [6.07, 6.45) is -1.70. The van der Waals surface area contributed by atoms with Crippen molar-refractivity contribution in [2.75, 3.05) is 4.90 Å². The molecule has 0 saturated heterocycles. The first-order chi connectivity index (χ1) is 20.0. The van der Waals surface area contributed by atoms with E-state index < -0.39 is 32.4 Å². The molecule has 1 unspecified atom stereocenters. The van der Waals surface area contributed by atoms with E-state index in [1.165, 1.54) is 9.58 Å². The van der Waals surface area contributed by atoms with Gasteiger partial charge < -0.3 is 13.9 Å². The predicted molar refractivity (Wildman–Crippen MR) is 176 cm³/mol. The maximum Gasteiger partial charge on any atom is 0.435 e. The number of rotatable bonds is 6. The maximum absolute atomic E-state index is 13.9. The molecule has 0 fully saturated rings. The number of carbonyl (C=O) groups excluding carboxylic acids is 2. The minimum absolute atomic E-state index is 0.0937. The normalized spacial score (nSPS) is 13.5. The van der Waals surface area contributed by atoms with Gasteiger partial charge in [-0.1, -0.05) is 26.8 Å². The first kappa shape index (κ1) is 35.0. The van der Waals surface area contributed by atoms with Gasteiger partial charge in [-0.05, 0) is 98.5 Å². The largest absolute Gasteiger partial charge is 0.443 e. The molecule has 2 aromatic heterocycles. The summed E-state index contributed by atoms with van der Waals surface area (Å²) in [5, 5.41) is 9.95. The smallest absolute Gasteiger partial charge is 0.435 e. The van der Waals surface area contributed by atoms with E-state index in [0.29, 0.717) is 16.5 Å². The highest BCUT2D eigenvalue weighted by atomic mass is 28.3. The Labute approximate surface area is 262 Å². The molecule has 11 nitrogen and oxygen atoms in total. The van der Waals surface area contributed by atoms with E-state index in [4.69, 9.17) is 13.9 Å². The van der Waals surface area contributed by atoms with Crippen molar-refractivity contribution in [3.05, 3.63) is 45.9 Å². The molecule has 0 saturated carbocycles. The summed E-state index contributed by atoms with van der Waals surface area (Å²) in [5.74, 6) is 0.241. The summed E-state index contributed by atoms with van der Waals surface area (Å²) in [6.45, 7) is 26.5. The quantitative estimate of drug-likeness (QED) is 0.259. The third-order valence-corrected chi connectivity index (χ3v) is 7.19. The topological polar surface area (TPSA) is 118 Å². The minimum atomic E-state index is -1.44. The van der Waals surface area contributed by atoms with E-state index in [1.807, 2.05) is 26.0 Å². The van der Waals surface area contributed by atoms with Gasteiger partial charge in [-0.25, -0.2) is 19.2 Å². The molecule has 3 rings (SSSR count). The van der Waals surface area contributed by atoms with Gasteiger partial charge in [-0.15, -0.1) is 5.10 Å². The van der Waals surface area contributed by atoms with E-state index in [0.717, 1.165) is 10.2 Å². The monoisotopic (exact) mass is 627 g/mol. The molecule has 1 amide bonds. The number of anilines is 2. The van der Waals surface area contributed by atoms with Crippen LogP contribution in [-0.2, 0) is 13.9 Å². The molecule has 3 aromatic rings. The fourth-order valence-electron chi connectivity index (χ4n) is 4.65. The second kappa shape index (κ2) is 12.5. The van der Waals surface area contributed by atoms with E-state index in [9.17, 15) is 14.4 Å². The average Bonchev–Trinajstić information content (AvgIpc) is 3.21. The van der Waals surface area contributed by atoms with Crippen molar-refractivity contribution in [2.24, 2.45) is 5.41 Å². The zero-order valence-corrected chi connectivity index (χ0v) is 29.9. The van der Waals surface area contributed by atoms with Gasteiger partial charge in [0.15, 0.2) is 20.7 Å². The number of nitrogens with zero attached hydrogens (tertiary/aromatic N) is 5. The molecule has 0 aliphatic carbocycles. The molecular formula is C32H49N5O6Si. The Morgan fingerprint density at radius 2 is 1.48 bits per heavy atom. The molecule has 0 bridgehead atoms. The molecule has 0 N–H and O–H groups in total. The first-order valence-electron chi connectivity index (χ1n) is 15.0. The van der Waals surface area contributed by atoms with E-state index in [2.05, 4.69) is 44.1 Å². The summed E-state index contributed by atoms with van der Waals surface area (Å²) >= 11 is 0. The Morgan fingerprint density at radius 3 is 1.98 bits per heavy atom. The average molecular weight is 628 g/mol. The standard InChI is InChI=1S/C32H49N5O6Si/c1-19(2)36-27(38)23-18-21(25(30(4,5)6)43-44(13)14)15-16-22(23)26(34-36)35(28(39)41-31(7,8)9)24-17-20(3)37(33-24)29(40)42-32(10,11)12/h15-19,25,44H,1-14H3. The summed E-state index contributed by atoms with van der Waals surface area (Å²) < 4.78 is 20.2. The molecular weight excluding hydrogens is 578 g/mol.